The average molecular weight is 481 g/mol. The molecule has 0 radical (unpaired) electrons. The number of halogens is 1. The molecule has 0 aliphatic heterocycles. The number of nitrogens with one attached hydrogen (secondary N) is 2. The minimum absolute atomic E-state index is 0. The molecule has 146 valence electrons. The van der Waals surface area contributed by atoms with Gasteiger partial charge in [-0.25, -0.2) is 4.98 Å². The molecule has 0 saturated carbocycles. The second-order valence-electron chi connectivity index (χ2n) is 6.34. The van der Waals surface area contributed by atoms with Crippen molar-refractivity contribution in [1.29, 1.82) is 0 Å². The van der Waals surface area contributed by atoms with Gasteiger partial charge in [-0.2, -0.15) is 0 Å². The number of anilines is 2. The predicted molar refractivity (Wildman–Crippen MR) is 123 cm³/mol. The van der Waals surface area contributed by atoms with Crippen molar-refractivity contribution < 1.29 is 4.79 Å². The number of nitrogens with two attached hydrogens (primary N) is 1. The van der Waals surface area contributed by atoms with Gasteiger partial charge in [0.05, 0.1) is 6.54 Å². The van der Waals surface area contributed by atoms with Crippen LogP contribution in [0, 0.1) is 6.92 Å². The van der Waals surface area contributed by atoms with Gasteiger partial charge in [0.1, 0.15) is 5.82 Å². The van der Waals surface area contributed by atoms with E-state index in [1.807, 2.05) is 25.1 Å². The van der Waals surface area contributed by atoms with Crippen LogP contribution in [0.3, 0.4) is 0 Å². The van der Waals surface area contributed by atoms with E-state index in [-0.39, 0.29) is 36.3 Å². The summed E-state index contributed by atoms with van der Waals surface area (Å²) in [6.45, 7) is 6.63. The van der Waals surface area contributed by atoms with Gasteiger partial charge in [0.15, 0.2) is 5.96 Å². The van der Waals surface area contributed by atoms with Crippen LogP contribution in [0.4, 0.5) is 11.5 Å². The largest absolute Gasteiger partial charge is 0.370 e. The molecule has 6 nitrogen and oxygen atoms in total. The lowest BCUT2D eigenvalue weighted by atomic mass is 9.99. The summed E-state index contributed by atoms with van der Waals surface area (Å²) < 4.78 is 0. The van der Waals surface area contributed by atoms with Crippen LogP contribution < -0.4 is 16.4 Å². The summed E-state index contributed by atoms with van der Waals surface area (Å²) in [6, 6.07) is 11.8. The second kappa shape index (κ2) is 11.5. The van der Waals surface area contributed by atoms with Gasteiger partial charge in [-0.3, -0.25) is 9.79 Å². The van der Waals surface area contributed by atoms with Crippen LogP contribution in [0.2, 0.25) is 0 Å². The number of nitrogens with zero attached hydrogens (tertiary/aromatic N) is 2. The molecule has 1 amide bonds. The summed E-state index contributed by atoms with van der Waals surface area (Å²) in [5.41, 5.74) is 9.11. The fourth-order valence-electron chi connectivity index (χ4n) is 2.34. The lowest BCUT2D eigenvalue weighted by Crippen LogP contribution is -2.23. The summed E-state index contributed by atoms with van der Waals surface area (Å²) in [5, 5.41) is 5.77. The molecular formula is C20H28IN5O. The number of carbonyl (C=O) groups is 1. The average Bonchev–Trinajstić information content (AvgIpc) is 2.63. The predicted octanol–water partition coefficient (Wildman–Crippen LogP) is 4.28. The van der Waals surface area contributed by atoms with Gasteiger partial charge in [0, 0.05) is 18.3 Å². The van der Waals surface area contributed by atoms with Gasteiger partial charge in [-0.05, 0) is 48.6 Å². The number of aryl methyl sites for hydroxylation is 1. The third kappa shape index (κ3) is 7.94. The summed E-state index contributed by atoms with van der Waals surface area (Å²) in [7, 11) is 0. The van der Waals surface area contributed by atoms with Crippen LogP contribution in [0.25, 0.3) is 0 Å². The monoisotopic (exact) mass is 481 g/mol. The molecule has 1 heterocycles. The summed E-state index contributed by atoms with van der Waals surface area (Å²) in [6.07, 6.45) is 3.06. The van der Waals surface area contributed by atoms with Crippen molar-refractivity contribution in [3.63, 3.8) is 0 Å². The number of carbonyl (C=O) groups excluding carboxylic acids is 1. The zero-order chi connectivity index (χ0) is 18.9. The van der Waals surface area contributed by atoms with Crippen molar-refractivity contribution in [2.45, 2.75) is 39.5 Å². The molecule has 0 bridgehead atoms. The quantitative estimate of drug-likeness (QED) is 0.313. The van der Waals surface area contributed by atoms with Gasteiger partial charge in [0.25, 0.3) is 0 Å². The third-order valence-electron chi connectivity index (χ3n) is 4.16. The number of amides is 1. The number of guanidine groups is 1. The number of rotatable bonds is 7. The van der Waals surface area contributed by atoms with E-state index in [1.165, 1.54) is 5.56 Å². The maximum atomic E-state index is 11.9. The van der Waals surface area contributed by atoms with Crippen molar-refractivity contribution in [1.82, 2.24) is 4.98 Å². The number of aromatic nitrogens is 1. The molecule has 1 aromatic heterocycles. The maximum Gasteiger partial charge on any atom is 0.227 e. The van der Waals surface area contributed by atoms with Gasteiger partial charge >= 0.3 is 0 Å². The van der Waals surface area contributed by atoms with Crippen LogP contribution in [-0.4, -0.2) is 23.4 Å². The molecule has 1 unspecified atom stereocenters. The van der Waals surface area contributed by atoms with Crippen LogP contribution >= 0.6 is 24.0 Å². The molecule has 0 fully saturated rings. The van der Waals surface area contributed by atoms with E-state index >= 15 is 0 Å². The van der Waals surface area contributed by atoms with Crippen LogP contribution in [-0.2, 0) is 4.79 Å². The topological polar surface area (TPSA) is 92.4 Å². The zero-order valence-corrected chi connectivity index (χ0v) is 18.4. The fraction of sp³-hybridized carbons (Fsp3) is 0.350. The molecule has 0 aliphatic rings. The first-order valence-corrected chi connectivity index (χ1v) is 8.87. The smallest absolute Gasteiger partial charge is 0.227 e. The Bertz CT molecular complexity index is 744. The lowest BCUT2D eigenvalue weighted by molar-refractivity contribution is -0.116. The Kier molecular flexibility index (Phi) is 9.77. The second-order valence-corrected chi connectivity index (χ2v) is 6.34. The highest BCUT2D eigenvalue weighted by atomic mass is 127. The van der Waals surface area contributed by atoms with Crippen molar-refractivity contribution in [2.75, 3.05) is 17.2 Å². The summed E-state index contributed by atoms with van der Waals surface area (Å²) in [5.74, 6) is 1.23. The van der Waals surface area contributed by atoms with Crippen molar-refractivity contribution >= 4 is 47.3 Å². The highest BCUT2D eigenvalue weighted by Crippen LogP contribution is 2.20. The first-order chi connectivity index (χ1) is 12.5. The first kappa shape index (κ1) is 22.9. The highest BCUT2D eigenvalue weighted by Gasteiger charge is 2.04. The van der Waals surface area contributed by atoms with E-state index in [4.69, 9.17) is 5.73 Å². The standard InChI is InChI=1S/C20H27N5O.HI/c1-4-15(3)16-6-8-17(9-7-16)24-20(21)22-12-11-19(26)25-18-10-5-14(2)13-23-18;/h5-10,13,15H,4,11-12H2,1-3H3,(H3,21,22,24)(H,23,25,26);1H. The Hall–Kier alpha value is -2.16. The molecular weight excluding hydrogens is 453 g/mol. The van der Waals surface area contributed by atoms with Crippen LogP contribution in [0.1, 0.15) is 43.7 Å². The number of benzene rings is 1. The molecule has 0 saturated heterocycles. The molecule has 27 heavy (non-hydrogen) atoms. The number of aliphatic imine (C=N–C) groups is 1. The number of pyridine rings is 1. The molecule has 0 aliphatic carbocycles. The molecule has 0 spiro atoms. The summed E-state index contributed by atoms with van der Waals surface area (Å²) >= 11 is 0. The Morgan fingerprint density at radius 2 is 1.89 bits per heavy atom. The number of hydrogen-bond donors (Lipinski definition) is 3. The zero-order valence-electron chi connectivity index (χ0n) is 16.0. The summed E-state index contributed by atoms with van der Waals surface area (Å²) in [4.78, 5) is 20.2. The Labute approximate surface area is 178 Å². The van der Waals surface area contributed by atoms with Crippen molar-refractivity contribution in [3.05, 3.63) is 53.7 Å². The number of hydrogen-bond acceptors (Lipinski definition) is 3. The molecule has 4 N–H and O–H groups in total. The normalized spacial score (nSPS) is 12.0. The van der Waals surface area contributed by atoms with E-state index < -0.39 is 0 Å². The minimum Gasteiger partial charge on any atom is -0.370 e. The SMILES string of the molecule is CCC(C)c1ccc(NC(N)=NCCC(=O)Nc2ccc(C)cn2)cc1.I. The molecule has 1 atom stereocenters. The van der Waals surface area contributed by atoms with E-state index in [1.54, 1.807) is 12.3 Å². The lowest BCUT2D eigenvalue weighted by Gasteiger charge is -2.10. The highest BCUT2D eigenvalue weighted by molar-refractivity contribution is 14.0. The van der Waals surface area contributed by atoms with E-state index in [9.17, 15) is 4.79 Å². The van der Waals surface area contributed by atoms with Gasteiger partial charge < -0.3 is 16.4 Å². The Morgan fingerprint density at radius 3 is 2.48 bits per heavy atom. The van der Waals surface area contributed by atoms with E-state index in [0.717, 1.165) is 17.7 Å². The molecule has 2 rings (SSSR count). The molecule has 7 heteroatoms. The molecule has 1 aromatic carbocycles. The van der Waals surface area contributed by atoms with Crippen molar-refractivity contribution in [3.8, 4) is 0 Å². The first-order valence-electron chi connectivity index (χ1n) is 8.87. The minimum atomic E-state index is -0.143. The molecule has 2 aromatic rings. The maximum absolute atomic E-state index is 11.9. The van der Waals surface area contributed by atoms with E-state index in [0.29, 0.717) is 24.2 Å². The van der Waals surface area contributed by atoms with Crippen LogP contribution in [0.15, 0.2) is 47.6 Å². The van der Waals surface area contributed by atoms with Gasteiger partial charge in [-0.15, -0.1) is 24.0 Å². The Morgan fingerprint density at radius 1 is 1.19 bits per heavy atom. The van der Waals surface area contributed by atoms with Gasteiger partial charge in [0.2, 0.25) is 5.91 Å². The third-order valence-corrected chi connectivity index (χ3v) is 4.16. The van der Waals surface area contributed by atoms with Crippen LogP contribution in [0.5, 0.6) is 0 Å². The fourth-order valence-corrected chi connectivity index (χ4v) is 2.34. The Balaban J connectivity index is 0.00000364. The van der Waals surface area contributed by atoms with Crippen molar-refractivity contribution in [2.24, 2.45) is 10.7 Å². The van der Waals surface area contributed by atoms with E-state index in [2.05, 4.69) is 46.6 Å². The van der Waals surface area contributed by atoms with Gasteiger partial charge in [-0.1, -0.05) is 32.0 Å².